The van der Waals surface area contributed by atoms with E-state index in [0.717, 1.165) is 35.7 Å². The van der Waals surface area contributed by atoms with E-state index in [9.17, 15) is 10.1 Å². The Kier molecular flexibility index (Phi) is 5.18. The zero-order valence-electron chi connectivity index (χ0n) is 20.2. The maximum Gasteiger partial charge on any atom is 0.346 e. The van der Waals surface area contributed by atoms with Gasteiger partial charge in [0, 0.05) is 42.6 Å². The third-order valence-corrected chi connectivity index (χ3v) is 7.12. The molecule has 1 aromatic heterocycles. The number of ether oxygens (including phenoxy) is 4. The molecule has 3 aliphatic heterocycles. The Morgan fingerprint density at radius 3 is 2.13 bits per heavy atom. The monoisotopic (exact) mass is 510 g/mol. The normalized spacial score (nSPS) is 16.0. The third kappa shape index (κ3) is 3.69. The van der Waals surface area contributed by atoms with Crippen molar-refractivity contribution in [3.8, 4) is 29.1 Å². The van der Waals surface area contributed by atoms with Gasteiger partial charge in [0.25, 0.3) is 0 Å². The van der Waals surface area contributed by atoms with E-state index in [1.807, 2.05) is 36.4 Å². The number of hydrogen-bond acceptors (Lipinski definition) is 9. The highest BCUT2D eigenvalue weighted by atomic mass is 16.7. The maximum absolute atomic E-state index is 13.4. The van der Waals surface area contributed by atoms with E-state index >= 15 is 0 Å². The first-order valence-corrected chi connectivity index (χ1v) is 12.3. The number of amides is 1. The molecule has 0 bridgehead atoms. The van der Waals surface area contributed by atoms with Crippen LogP contribution in [0.1, 0.15) is 18.4 Å². The van der Waals surface area contributed by atoms with Crippen LogP contribution in [-0.4, -0.2) is 58.6 Å². The standard InChI is InChI=1S/C27H22N6O5/c28-14-17-1-4-21-22(11-17)33(30-29-21)27(34)31-9-7-18(8-10-31)32(19-2-5-23-25(12-19)37-15-35-23)20-3-6-24-26(13-20)38-16-36-24/h1-6,11-13,18H,7-10,15-16H2. The van der Waals surface area contributed by atoms with Crippen molar-refractivity contribution in [2.75, 3.05) is 31.6 Å². The summed E-state index contributed by atoms with van der Waals surface area (Å²) in [4.78, 5) is 17.4. The molecule has 0 N–H and O–H groups in total. The Balaban J connectivity index is 1.16. The summed E-state index contributed by atoms with van der Waals surface area (Å²) in [5, 5.41) is 17.4. The minimum Gasteiger partial charge on any atom is -0.454 e. The van der Waals surface area contributed by atoms with E-state index in [-0.39, 0.29) is 25.7 Å². The molecule has 0 unspecified atom stereocenters. The van der Waals surface area contributed by atoms with Crippen molar-refractivity contribution < 1.29 is 23.7 Å². The molecule has 0 radical (unpaired) electrons. The Morgan fingerprint density at radius 2 is 1.50 bits per heavy atom. The van der Waals surface area contributed by atoms with Crippen LogP contribution in [0.3, 0.4) is 0 Å². The van der Waals surface area contributed by atoms with Gasteiger partial charge in [-0.15, -0.1) is 5.10 Å². The van der Waals surface area contributed by atoms with Crippen molar-refractivity contribution in [3.05, 3.63) is 60.2 Å². The van der Waals surface area contributed by atoms with E-state index in [0.29, 0.717) is 41.2 Å². The molecule has 190 valence electrons. The summed E-state index contributed by atoms with van der Waals surface area (Å²) in [6, 6.07) is 18.8. The number of aromatic nitrogens is 3. The number of hydrogen-bond donors (Lipinski definition) is 0. The summed E-state index contributed by atoms with van der Waals surface area (Å²) < 4.78 is 23.6. The number of rotatable bonds is 3. The fourth-order valence-corrected chi connectivity index (χ4v) is 5.22. The average molecular weight is 511 g/mol. The second-order valence-electron chi connectivity index (χ2n) is 9.26. The number of nitriles is 1. The van der Waals surface area contributed by atoms with Crippen molar-refractivity contribution in [1.29, 1.82) is 5.26 Å². The van der Waals surface area contributed by atoms with Gasteiger partial charge in [-0.05, 0) is 55.3 Å². The number of benzene rings is 3. The molecule has 0 saturated carbocycles. The summed E-state index contributed by atoms with van der Waals surface area (Å²) in [5.74, 6) is 2.85. The minimum absolute atomic E-state index is 0.109. The summed E-state index contributed by atoms with van der Waals surface area (Å²) in [6.45, 7) is 1.48. The number of piperidine rings is 1. The summed E-state index contributed by atoms with van der Waals surface area (Å²) in [5.41, 5.74) is 3.48. The Morgan fingerprint density at radius 1 is 0.868 bits per heavy atom. The SMILES string of the molecule is N#Cc1ccc2nnn(C(=O)N3CCC(N(c4ccc5c(c4)OCO5)c4ccc5c(c4)OCO5)CC3)c2c1. The number of likely N-dealkylation sites (tertiary alicyclic amines) is 1. The highest BCUT2D eigenvalue weighted by Gasteiger charge is 2.31. The smallest absolute Gasteiger partial charge is 0.346 e. The van der Waals surface area contributed by atoms with Gasteiger partial charge in [0.1, 0.15) is 11.0 Å². The van der Waals surface area contributed by atoms with Crippen LogP contribution in [0, 0.1) is 11.3 Å². The second kappa shape index (κ2) is 8.85. The highest BCUT2D eigenvalue weighted by molar-refractivity contribution is 5.88. The number of nitrogens with zero attached hydrogens (tertiary/aromatic N) is 6. The molecule has 3 aliphatic rings. The molecule has 0 atom stereocenters. The number of fused-ring (bicyclic) bond motifs is 3. The van der Waals surface area contributed by atoms with E-state index in [4.69, 9.17) is 18.9 Å². The second-order valence-corrected chi connectivity index (χ2v) is 9.26. The molecule has 38 heavy (non-hydrogen) atoms. The molecule has 1 saturated heterocycles. The number of carbonyl (C=O) groups is 1. The summed E-state index contributed by atoms with van der Waals surface area (Å²) >= 11 is 0. The van der Waals surface area contributed by atoms with Crippen LogP contribution in [-0.2, 0) is 0 Å². The molecule has 7 rings (SSSR count). The van der Waals surface area contributed by atoms with E-state index in [2.05, 4.69) is 21.3 Å². The van der Waals surface area contributed by atoms with Gasteiger partial charge < -0.3 is 28.7 Å². The lowest BCUT2D eigenvalue weighted by Gasteiger charge is -2.39. The molecular formula is C27H22N6O5. The molecule has 0 aliphatic carbocycles. The quantitative estimate of drug-likeness (QED) is 0.403. The lowest BCUT2D eigenvalue weighted by Crippen LogP contribution is -2.47. The van der Waals surface area contributed by atoms with Gasteiger partial charge in [-0.1, -0.05) is 5.21 Å². The van der Waals surface area contributed by atoms with Gasteiger partial charge in [0.2, 0.25) is 13.6 Å². The number of anilines is 2. The minimum atomic E-state index is -0.251. The van der Waals surface area contributed by atoms with Crippen molar-refractivity contribution >= 4 is 28.4 Å². The average Bonchev–Trinajstić information content (AvgIpc) is 3.72. The van der Waals surface area contributed by atoms with Crippen molar-refractivity contribution in [1.82, 2.24) is 19.9 Å². The molecule has 0 spiro atoms. The van der Waals surface area contributed by atoms with Crippen LogP contribution in [0.5, 0.6) is 23.0 Å². The fraction of sp³-hybridized carbons (Fsp3) is 0.259. The molecule has 4 heterocycles. The maximum atomic E-state index is 13.4. The van der Waals surface area contributed by atoms with Gasteiger partial charge in [-0.2, -0.15) is 9.94 Å². The van der Waals surface area contributed by atoms with Crippen LogP contribution in [0.15, 0.2) is 54.6 Å². The van der Waals surface area contributed by atoms with E-state index in [1.54, 1.807) is 23.1 Å². The topological polar surface area (TPSA) is 115 Å². The van der Waals surface area contributed by atoms with Crippen LogP contribution >= 0.6 is 0 Å². The first-order valence-electron chi connectivity index (χ1n) is 12.3. The fourth-order valence-electron chi connectivity index (χ4n) is 5.22. The van der Waals surface area contributed by atoms with Crippen LogP contribution < -0.4 is 23.8 Å². The number of carbonyl (C=O) groups excluding carboxylic acids is 1. The molecular weight excluding hydrogens is 488 g/mol. The molecule has 1 amide bonds. The molecule has 4 aromatic rings. The summed E-state index contributed by atoms with van der Waals surface area (Å²) in [7, 11) is 0. The summed E-state index contributed by atoms with van der Waals surface area (Å²) in [6.07, 6.45) is 1.45. The van der Waals surface area contributed by atoms with Gasteiger partial charge in [0.05, 0.1) is 11.6 Å². The first-order chi connectivity index (χ1) is 18.7. The van der Waals surface area contributed by atoms with E-state index in [1.165, 1.54) is 4.68 Å². The zero-order valence-corrected chi connectivity index (χ0v) is 20.2. The Hall–Kier alpha value is -4.98. The predicted octanol–water partition coefficient (Wildman–Crippen LogP) is 4.03. The van der Waals surface area contributed by atoms with E-state index < -0.39 is 0 Å². The van der Waals surface area contributed by atoms with Crippen molar-refractivity contribution in [3.63, 3.8) is 0 Å². The predicted molar refractivity (Wildman–Crippen MR) is 135 cm³/mol. The van der Waals surface area contributed by atoms with Crippen molar-refractivity contribution in [2.24, 2.45) is 0 Å². The van der Waals surface area contributed by atoms with Gasteiger partial charge >= 0.3 is 6.03 Å². The van der Waals surface area contributed by atoms with Gasteiger partial charge in [0.15, 0.2) is 23.0 Å². The van der Waals surface area contributed by atoms with Crippen LogP contribution in [0.4, 0.5) is 16.2 Å². The Bertz CT molecular complexity index is 1550. The van der Waals surface area contributed by atoms with Gasteiger partial charge in [-0.3, -0.25) is 0 Å². The van der Waals surface area contributed by atoms with Crippen LogP contribution in [0.2, 0.25) is 0 Å². The zero-order chi connectivity index (χ0) is 25.6. The first kappa shape index (κ1) is 22.2. The van der Waals surface area contributed by atoms with Crippen molar-refractivity contribution in [2.45, 2.75) is 18.9 Å². The largest absolute Gasteiger partial charge is 0.454 e. The molecule has 11 heteroatoms. The van der Waals surface area contributed by atoms with Gasteiger partial charge in [-0.25, -0.2) is 4.79 Å². The van der Waals surface area contributed by atoms with Crippen LogP contribution in [0.25, 0.3) is 11.0 Å². The lowest BCUT2D eigenvalue weighted by molar-refractivity contribution is 0.173. The molecule has 1 fully saturated rings. The third-order valence-electron chi connectivity index (χ3n) is 7.12. The Labute approximate surface area is 217 Å². The highest BCUT2D eigenvalue weighted by Crippen LogP contribution is 2.43. The molecule has 3 aromatic carbocycles. The lowest BCUT2D eigenvalue weighted by atomic mass is 10.0. The molecule has 11 nitrogen and oxygen atoms in total.